The summed E-state index contributed by atoms with van der Waals surface area (Å²) in [5, 5.41) is 0.162. The summed E-state index contributed by atoms with van der Waals surface area (Å²) in [7, 11) is -0.718. The van der Waals surface area contributed by atoms with E-state index in [4.69, 9.17) is 4.74 Å². The number of benzene rings is 1. The highest BCUT2D eigenvalue weighted by atomic mass is 32.2. The van der Waals surface area contributed by atoms with Crippen LogP contribution in [0.1, 0.15) is 12.8 Å². The largest absolute Gasteiger partial charge is 0.385 e. The summed E-state index contributed by atoms with van der Waals surface area (Å²) >= 11 is 0. The molecule has 0 radical (unpaired) electrons. The molecule has 0 unspecified atom stereocenters. The van der Waals surface area contributed by atoms with Crippen molar-refractivity contribution in [1.82, 2.24) is 19.2 Å². The molecule has 1 aromatic heterocycles. The average molecular weight is 410 g/mol. The van der Waals surface area contributed by atoms with E-state index >= 15 is 0 Å². The zero-order valence-corrected chi connectivity index (χ0v) is 16.9. The number of sulfonamides is 1. The minimum atomic E-state index is -3.75. The molecule has 1 fully saturated rings. The van der Waals surface area contributed by atoms with Gasteiger partial charge in [-0.1, -0.05) is 0 Å². The first-order chi connectivity index (χ1) is 13.3. The molecule has 9 nitrogen and oxygen atoms in total. The van der Waals surface area contributed by atoms with Crippen LogP contribution >= 0.6 is 0 Å². The first-order valence-corrected chi connectivity index (χ1v) is 10.7. The number of aromatic nitrogens is 2. The van der Waals surface area contributed by atoms with Gasteiger partial charge in [-0.3, -0.25) is 9.36 Å². The van der Waals surface area contributed by atoms with Crippen molar-refractivity contribution in [3.05, 3.63) is 39.0 Å². The van der Waals surface area contributed by atoms with Crippen LogP contribution < -0.4 is 16.0 Å². The summed E-state index contributed by atoms with van der Waals surface area (Å²) in [5.41, 5.74) is -0.754. The standard InChI is InChI=1S/C18H26N4O5S/c1-21-17(23)15-10-14(4-5-16(15)20-18(21)24)28(25,26)19-11-13-6-8-22(12-13)7-3-9-27-2/h4-5,10,13,19H,3,6-9,11-12H2,1-2H3,(H,20,24)/t13-/m1/s1. The number of rotatable bonds is 8. The predicted octanol–water partition coefficient (Wildman–Crippen LogP) is -0.136. The number of H-pyrrole nitrogens is 1. The van der Waals surface area contributed by atoms with Gasteiger partial charge in [0.1, 0.15) is 0 Å². The molecule has 2 aromatic rings. The molecular weight excluding hydrogens is 384 g/mol. The van der Waals surface area contributed by atoms with E-state index in [0.29, 0.717) is 12.1 Å². The number of fused-ring (bicyclic) bond motifs is 1. The summed E-state index contributed by atoms with van der Waals surface area (Å²) in [6.07, 6.45) is 1.90. The molecule has 1 saturated heterocycles. The number of methoxy groups -OCH3 is 1. The van der Waals surface area contributed by atoms with Gasteiger partial charge in [0, 0.05) is 40.4 Å². The molecule has 0 saturated carbocycles. The van der Waals surface area contributed by atoms with Crippen molar-refractivity contribution in [2.24, 2.45) is 13.0 Å². The third kappa shape index (κ3) is 4.52. The van der Waals surface area contributed by atoms with E-state index in [0.717, 1.165) is 43.6 Å². The predicted molar refractivity (Wildman–Crippen MR) is 106 cm³/mol. The van der Waals surface area contributed by atoms with E-state index in [2.05, 4.69) is 14.6 Å². The van der Waals surface area contributed by atoms with Crippen LogP contribution in [-0.4, -0.2) is 62.8 Å². The van der Waals surface area contributed by atoms with Gasteiger partial charge in [-0.2, -0.15) is 0 Å². The van der Waals surface area contributed by atoms with E-state index in [1.54, 1.807) is 7.11 Å². The zero-order chi connectivity index (χ0) is 20.3. The summed E-state index contributed by atoms with van der Waals surface area (Å²) in [5.74, 6) is 0.252. The third-order valence-corrected chi connectivity index (χ3v) is 6.56. The fourth-order valence-corrected chi connectivity index (χ4v) is 4.62. The Hall–Kier alpha value is -2.01. The van der Waals surface area contributed by atoms with Crippen LogP contribution in [0.2, 0.25) is 0 Å². The van der Waals surface area contributed by atoms with Gasteiger partial charge in [0.15, 0.2) is 0 Å². The second-order valence-corrected chi connectivity index (χ2v) is 8.92. The Balaban J connectivity index is 1.68. The molecule has 1 aliphatic heterocycles. The van der Waals surface area contributed by atoms with Crippen molar-refractivity contribution >= 4 is 20.9 Å². The van der Waals surface area contributed by atoms with E-state index in [-0.39, 0.29) is 16.2 Å². The van der Waals surface area contributed by atoms with Crippen molar-refractivity contribution < 1.29 is 13.2 Å². The molecule has 0 bridgehead atoms. The summed E-state index contributed by atoms with van der Waals surface area (Å²) in [6.45, 7) is 3.83. The highest BCUT2D eigenvalue weighted by Gasteiger charge is 2.24. The molecule has 28 heavy (non-hydrogen) atoms. The second kappa shape index (κ2) is 8.56. The van der Waals surface area contributed by atoms with Gasteiger partial charge in [0.2, 0.25) is 10.0 Å². The molecule has 1 aromatic carbocycles. The first-order valence-electron chi connectivity index (χ1n) is 9.26. The van der Waals surface area contributed by atoms with Crippen molar-refractivity contribution in [2.75, 3.05) is 39.9 Å². The molecule has 2 heterocycles. The summed E-state index contributed by atoms with van der Waals surface area (Å²) < 4.78 is 34.0. The van der Waals surface area contributed by atoms with Crippen molar-refractivity contribution in [3.63, 3.8) is 0 Å². The molecule has 3 rings (SSSR count). The molecule has 0 amide bonds. The van der Waals surface area contributed by atoms with Crippen LogP contribution in [0.25, 0.3) is 10.9 Å². The van der Waals surface area contributed by atoms with Crippen LogP contribution in [0, 0.1) is 5.92 Å². The minimum absolute atomic E-state index is 0.0131. The first kappa shape index (κ1) is 20.7. The highest BCUT2D eigenvalue weighted by Crippen LogP contribution is 2.18. The fourth-order valence-electron chi connectivity index (χ4n) is 3.47. The van der Waals surface area contributed by atoms with Crippen molar-refractivity contribution in [3.8, 4) is 0 Å². The number of nitrogens with one attached hydrogen (secondary N) is 2. The minimum Gasteiger partial charge on any atom is -0.385 e. The lowest BCUT2D eigenvalue weighted by Crippen LogP contribution is -2.33. The lowest BCUT2D eigenvalue weighted by atomic mass is 10.1. The maximum Gasteiger partial charge on any atom is 0.328 e. The van der Waals surface area contributed by atoms with Gasteiger partial charge in [-0.15, -0.1) is 0 Å². The molecular formula is C18H26N4O5S. The quantitative estimate of drug-likeness (QED) is 0.586. The SMILES string of the molecule is COCCCN1CC[C@H](CNS(=O)(=O)c2ccc3[nH]c(=O)n(C)c(=O)c3c2)C1. The van der Waals surface area contributed by atoms with Crippen molar-refractivity contribution in [1.29, 1.82) is 0 Å². The number of aromatic amines is 1. The Labute approximate surface area is 163 Å². The number of likely N-dealkylation sites (tertiary alicyclic amines) is 1. The van der Waals surface area contributed by atoms with Gasteiger partial charge in [0.25, 0.3) is 5.56 Å². The van der Waals surface area contributed by atoms with Gasteiger partial charge >= 0.3 is 5.69 Å². The van der Waals surface area contributed by atoms with Gasteiger partial charge in [0.05, 0.1) is 15.8 Å². The fraction of sp³-hybridized carbons (Fsp3) is 0.556. The average Bonchev–Trinajstić information content (AvgIpc) is 3.12. The molecule has 1 atom stereocenters. The van der Waals surface area contributed by atoms with Crippen LogP contribution in [0.15, 0.2) is 32.7 Å². The van der Waals surface area contributed by atoms with Crippen molar-refractivity contribution in [2.45, 2.75) is 17.7 Å². The Morgan fingerprint density at radius 1 is 1.32 bits per heavy atom. The topological polar surface area (TPSA) is 114 Å². The lowest BCUT2D eigenvalue weighted by molar-refractivity contribution is 0.178. The van der Waals surface area contributed by atoms with E-state index in [1.165, 1.54) is 25.2 Å². The van der Waals surface area contributed by atoms with Crippen LogP contribution in [0.5, 0.6) is 0 Å². The number of nitrogens with zero attached hydrogens (tertiary/aromatic N) is 2. The maximum absolute atomic E-state index is 12.7. The normalized spacial score (nSPS) is 18.1. The Bertz CT molecular complexity index is 1060. The second-order valence-electron chi connectivity index (χ2n) is 7.16. The number of hydrogen-bond acceptors (Lipinski definition) is 6. The molecule has 1 aliphatic rings. The maximum atomic E-state index is 12.7. The highest BCUT2D eigenvalue weighted by molar-refractivity contribution is 7.89. The summed E-state index contributed by atoms with van der Waals surface area (Å²) in [4.78, 5) is 28.8. The van der Waals surface area contributed by atoms with E-state index in [1.807, 2.05) is 0 Å². The Morgan fingerprint density at radius 2 is 2.11 bits per heavy atom. The molecule has 0 spiro atoms. The molecule has 2 N–H and O–H groups in total. The molecule has 154 valence electrons. The van der Waals surface area contributed by atoms with Gasteiger partial charge < -0.3 is 14.6 Å². The Kier molecular flexibility index (Phi) is 6.33. The monoisotopic (exact) mass is 410 g/mol. The molecule has 0 aliphatic carbocycles. The Morgan fingerprint density at radius 3 is 2.86 bits per heavy atom. The third-order valence-electron chi connectivity index (χ3n) is 5.14. The number of hydrogen-bond donors (Lipinski definition) is 2. The number of ether oxygens (including phenoxy) is 1. The summed E-state index contributed by atoms with van der Waals surface area (Å²) in [6, 6.07) is 4.15. The van der Waals surface area contributed by atoms with Crippen LogP contribution in [0.3, 0.4) is 0 Å². The zero-order valence-electron chi connectivity index (χ0n) is 16.1. The van der Waals surface area contributed by atoms with E-state index in [9.17, 15) is 18.0 Å². The van der Waals surface area contributed by atoms with Crippen LogP contribution in [0.4, 0.5) is 0 Å². The van der Waals surface area contributed by atoms with Crippen LogP contribution in [-0.2, 0) is 21.8 Å². The van der Waals surface area contributed by atoms with Gasteiger partial charge in [-0.25, -0.2) is 17.9 Å². The van der Waals surface area contributed by atoms with Gasteiger partial charge in [-0.05, 0) is 43.5 Å². The van der Waals surface area contributed by atoms with E-state index < -0.39 is 21.3 Å². The lowest BCUT2D eigenvalue weighted by Gasteiger charge is -2.16. The smallest absolute Gasteiger partial charge is 0.328 e. The molecule has 10 heteroatoms.